The number of carbonyl (C=O) groups is 2. The van der Waals surface area contributed by atoms with Gasteiger partial charge < -0.3 is 20.6 Å². The van der Waals surface area contributed by atoms with Crippen molar-refractivity contribution >= 4 is 11.9 Å². The maximum Gasteiger partial charge on any atom is 0.306 e. The van der Waals surface area contributed by atoms with Gasteiger partial charge in [-0.25, -0.2) is 0 Å². The van der Waals surface area contributed by atoms with Crippen molar-refractivity contribution in [3.63, 3.8) is 0 Å². The van der Waals surface area contributed by atoms with Crippen LogP contribution in [0.4, 0.5) is 0 Å². The predicted octanol–water partition coefficient (Wildman–Crippen LogP) is 0.656. The highest BCUT2D eigenvalue weighted by atomic mass is 16.4. The van der Waals surface area contributed by atoms with Crippen molar-refractivity contribution in [3.05, 3.63) is 29.3 Å². The first-order chi connectivity index (χ1) is 8.73. The topological polar surface area (TPSA) is 107 Å². The molecule has 4 N–H and O–H groups in total. The van der Waals surface area contributed by atoms with Gasteiger partial charge in [-0.05, 0) is 26.0 Å². The van der Waals surface area contributed by atoms with Gasteiger partial charge in [0.15, 0.2) is 0 Å². The number of hydrogen-bond donors (Lipinski definition) is 4. The van der Waals surface area contributed by atoms with E-state index in [0.29, 0.717) is 5.56 Å². The van der Waals surface area contributed by atoms with Crippen LogP contribution in [0.5, 0.6) is 5.75 Å². The summed E-state index contributed by atoms with van der Waals surface area (Å²) >= 11 is 0. The van der Waals surface area contributed by atoms with Gasteiger partial charge in [-0.2, -0.15) is 0 Å². The molecule has 0 aliphatic rings. The highest BCUT2D eigenvalue weighted by Crippen LogP contribution is 2.19. The minimum Gasteiger partial charge on any atom is -0.508 e. The van der Waals surface area contributed by atoms with Gasteiger partial charge in [0.1, 0.15) is 5.75 Å². The summed E-state index contributed by atoms with van der Waals surface area (Å²) in [7, 11) is 0. The van der Waals surface area contributed by atoms with Crippen LogP contribution < -0.4 is 5.32 Å². The molecule has 0 saturated carbocycles. The first-order valence-electron chi connectivity index (χ1n) is 5.74. The first kappa shape index (κ1) is 15.0. The quantitative estimate of drug-likeness (QED) is 0.627. The fourth-order valence-electron chi connectivity index (χ4n) is 1.62. The van der Waals surface area contributed by atoms with Gasteiger partial charge in [0.25, 0.3) is 5.91 Å². The molecular formula is C13H17NO5. The molecule has 0 aliphatic carbocycles. The Balaban J connectivity index is 2.71. The number of nitrogens with one attached hydrogen (secondary N) is 1. The minimum absolute atomic E-state index is 0.00458. The molecule has 1 aromatic carbocycles. The van der Waals surface area contributed by atoms with Gasteiger partial charge >= 0.3 is 5.97 Å². The highest BCUT2D eigenvalue weighted by Gasteiger charge is 2.25. The highest BCUT2D eigenvalue weighted by molar-refractivity contribution is 5.96. The Morgan fingerprint density at radius 1 is 1.37 bits per heavy atom. The van der Waals surface area contributed by atoms with Crippen molar-refractivity contribution < 1.29 is 24.9 Å². The van der Waals surface area contributed by atoms with Crippen LogP contribution in [0, 0.1) is 6.92 Å². The number of amides is 1. The van der Waals surface area contributed by atoms with Crippen LogP contribution in [-0.4, -0.2) is 39.3 Å². The second kappa shape index (κ2) is 5.71. The molecule has 6 nitrogen and oxygen atoms in total. The van der Waals surface area contributed by atoms with Gasteiger partial charge in [-0.1, -0.05) is 6.07 Å². The predicted molar refractivity (Wildman–Crippen MR) is 68.1 cm³/mol. The summed E-state index contributed by atoms with van der Waals surface area (Å²) in [4.78, 5) is 22.4. The van der Waals surface area contributed by atoms with E-state index in [1.807, 2.05) is 0 Å². The molecule has 0 aromatic heterocycles. The number of rotatable bonds is 5. The molecule has 0 bridgehead atoms. The zero-order valence-corrected chi connectivity index (χ0v) is 10.8. The van der Waals surface area contributed by atoms with Crippen molar-refractivity contribution in [1.82, 2.24) is 5.32 Å². The molecular weight excluding hydrogens is 250 g/mol. The van der Waals surface area contributed by atoms with Crippen molar-refractivity contribution in [2.24, 2.45) is 0 Å². The van der Waals surface area contributed by atoms with Crippen molar-refractivity contribution in [2.45, 2.75) is 25.9 Å². The Labute approximate surface area is 110 Å². The number of carbonyl (C=O) groups excluding carboxylic acids is 1. The van der Waals surface area contributed by atoms with E-state index in [-0.39, 0.29) is 17.9 Å². The summed E-state index contributed by atoms with van der Waals surface area (Å²) in [6.45, 7) is 2.74. The van der Waals surface area contributed by atoms with Crippen molar-refractivity contribution in [1.29, 1.82) is 0 Å². The molecule has 1 rings (SSSR count). The van der Waals surface area contributed by atoms with Gasteiger partial charge in [0.2, 0.25) is 0 Å². The average molecular weight is 267 g/mol. The Morgan fingerprint density at radius 3 is 2.58 bits per heavy atom. The van der Waals surface area contributed by atoms with E-state index in [4.69, 9.17) is 5.11 Å². The third-order valence-corrected chi connectivity index (χ3v) is 2.71. The number of aliphatic carboxylic acids is 1. The Kier molecular flexibility index (Phi) is 4.50. The van der Waals surface area contributed by atoms with Gasteiger partial charge in [0.05, 0.1) is 12.0 Å². The van der Waals surface area contributed by atoms with Crippen molar-refractivity contribution in [2.75, 3.05) is 6.54 Å². The number of carboxylic acids is 1. The zero-order valence-electron chi connectivity index (χ0n) is 10.8. The largest absolute Gasteiger partial charge is 0.508 e. The lowest BCUT2D eigenvalue weighted by Crippen LogP contribution is -2.42. The molecule has 1 unspecified atom stereocenters. The number of aliphatic hydroxyl groups is 1. The van der Waals surface area contributed by atoms with Crippen LogP contribution in [0.25, 0.3) is 0 Å². The number of carboxylic acid groups (broad SMARTS) is 1. The van der Waals surface area contributed by atoms with Crippen LogP contribution in [0.15, 0.2) is 18.2 Å². The molecule has 1 aromatic rings. The van der Waals surface area contributed by atoms with E-state index < -0.39 is 23.9 Å². The molecule has 0 heterocycles. The number of benzene rings is 1. The van der Waals surface area contributed by atoms with Crippen LogP contribution in [0.3, 0.4) is 0 Å². The van der Waals surface area contributed by atoms with Gasteiger partial charge in [0, 0.05) is 17.7 Å². The minimum atomic E-state index is -1.52. The molecule has 1 atom stereocenters. The number of phenolic OH excluding ortho intramolecular Hbond substituents is 1. The summed E-state index contributed by atoms with van der Waals surface area (Å²) < 4.78 is 0. The number of aromatic hydroxyl groups is 1. The van der Waals surface area contributed by atoms with Crippen LogP contribution in [0.1, 0.15) is 29.3 Å². The average Bonchev–Trinajstić information content (AvgIpc) is 2.28. The lowest BCUT2D eigenvalue weighted by atomic mass is 10.0. The third kappa shape index (κ3) is 4.26. The van der Waals surface area contributed by atoms with E-state index in [1.165, 1.54) is 25.1 Å². The third-order valence-electron chi connectivity index (χ3n) is 2.71. The Morgan fingerprint density at radius 2 is 2.00 bits per heavy atom. The summed E-state index contributed by atoms with van der Waals surface area (Å²) in [6.07, 6.45) is -0.466. The smallest absolute Gasteiger partial charge is 0.306 e. The molecule has 0 fully saturated rings. The maximum atomic E-state index is 11.9. The van der Waals surface area contributed by atoms with Crippen LogP contribution >= 0.6 is 0 Å². The molecule has 0 spiro atoms. The molecule has 1 amide bonds. The molecule has 0 saturated heterocycles. The van der Waals surface area contributed by atoms with Crippen molar-refractivity contribution in [3.8, 4) is 5.75 Å². The second-order valence-electron chi connectivity index (χ2n) is 4.70. The first-order valence-corrected chi connectivity index (χ1v) is 5.74. The lowest BCUT2D eigenvalue weighted by molar-refractivity contribution is -0.141. The zero-order chi connectivity index (χ0) is 14.6. The maximum absolute atomic E-state index is 11.9. The summed E-state index contributed by atoms with van der Waals surface area (Å²) in [5.74, 6) is -1.61. The van der Waals surface area contributed by atoms with E-state index >= 15 is 0 Å². The Bertz CT molecular complexity index is 496. The standard InChI is InChI=1S/C13H17NO5/c1-8-9(4-3-5-10(8)15)12(18)14-7-13(2,19)6-11(16)17/h3-5,15,19H,6-7H2,1-2H3,(H,14,18)(H,16,17). The second-order valence-corrected chi connectivity index (χ2v) is 4.70. The molecule has 19 heavy (non-hydrogen) atoms. The fourth-order valence-corrected chi connectivity index (χ4v) is 1.62. The van der Waals surface area contributed by atoms with E-state index in [0.717, 1.165) is 0 Å². The Hall–Kier alpha value is -2.08. The summed E-state index contributed by atoms with van der Waals surface area (Å²) in [6, 6.07) is 4.54. The monoisotopic (exact) mass is 267 g/mol. The SMILES string of the molecule is Cc1c(O)cccc1C(=O)NCC(C)(O)CC(=O)O. The molecule has 104 valence electrons. The van der Waals surface area contributed by atoms with Crippen LogP contribution in [-0.2, 0) is 4.79 Å². The lowest BCUT2D eigenvalue weighted by Gasteiger charge is -2.21. The number of phenols is 1. The fraction of sp³-hybridized carbons (Fsp3) is 0.385. The normalized spacial score (nSPS) is 13.6. The molecule has 0 radical (unpaired) electrons. The summed E-state index contributed by atoms with van der Waals surface area (Å²) in [5.41, 5.74) is -0.810. The van der Waals surface area contributed by atoms with Gasteiger partial charge in [-0.15, -0.1) is 0 Å². The van der Waals surface area contributed by atoms with E-state index in [2.05, 4.69) is 5.32 Å². The molecule has 0 aliphatic heterocycles. The van der Waals surface area contributed by atoms with E-state index in [1.54, 1.807) is 6.92 Å². The summed E-state index contributed by atoms with van der Waals surface area (Å²) in [5, 5.41) is 30.3. The van der Waals surface area contributed by atoms with E-state index in [9.17, 15) is 19.8 Å². The number of hydrogen-bond acceptors (Lipinski definition) is 4. The van der Waals surface area contributed by atoms with Gasteiger partial charge in [-0.3, -0.25) is 9.59 Å². The molecule has 6 heteroatoms. The van der Waals surface area contributed by atoms with Crippen LogP contribution in [0.2, 0.25) is 0 Å².